The van der Waals surface area contributed by atoms with Crippen LogP contribution in [0, 0.1) is 74.2 Å². The van der Waals surface area contributed by atoms with Crippen LogP contribution in [0.1, 0.15) is 263 Å². The van der Waals surface area contributed by atoms with Crippen molar-refractivity contribution < 1.29 is 58.1 Å². The van der Waals surface area contributed by atoms with E-state index in [9.17, 15) is 48.3 Å². The zero-order valence-electron chi connectivity index (χ0n) is 67.7. The van der Waals surface area contributed by atoms with E-state index in [-0.39, 0.29) is 98.5 Å². The number of halogens is 18. The number of rotatable bonds is 9. The van der Waals surface area contributed by atoms with Crippen LogP contribution in [0.5, 0.6) is 5.75 Å². The molecule has 0 heterocycles. The fraction of sp³-hybridized carbons (Fsp3) is 0.400. The summed E-state index contributed by atoms with van der Waals surface area (Å²) < 4.78 is 146. The molecule has 0 fully saturated rings. The Hall–Kier alpha value is -6.00. The zero-order chi connectivity index (χ0) is 85.1. The standard InChI is InChI=1S/C11H14Cl2.C11H12ClF3.C11H15Cl.C10H12ClFO.C10H13FO.C10H13F.2C9H10ClF.C9H9F3/c1-7-5-6-8(12)10(13)9(7)11(2,3)4;1-6(2)10-7(3)4-8(5-9(10)12)11(13,14)15;1-8-5-6-9(10(12)7-8)11(2,3)4;1-6(2)7-4-10(13-3)8(11)5-9(7)12;1-7(2)10-8(6-12)4-3-5-9(10)11;1-7(2)10-8(3)5-4-6-9(10)11;1-6(2)8-5-7(10)3-4-9(8)11;1-6(2)9-7(10)4-3-5-8(9)11;1-5(2)9-7(11)3-6(10)4-8(9)12/h5-6H,1-4H3;4-6H,1-3H3;5-7H,1-4H3;4-6H,1-3H3;3-5,7,12H,6H2,1-2H3;4-7H,1-3H3;2*3-6H,1-2H3;3-5H,1-2H3. The Kier molecular flexibility index (Phi) is 43.6. The summed E-state index contributed by atoms with van der Waals surface area (Å²) in [7, 11) is 1.52. The van der Waals surface area contributed by atoms with Crippen LogP contribution in [0.15, 0.2) is 140 Å². The molecule has 0 amide bonds. The molecular weight excluding hydrogens is 1570 g/mol. The minimum Gasteiger partial charge on any atom is -0.495 e. The molecule has 0 saturated carbocycles. The number of methoxy groups -OCH3 is 1. The van der Waals surface area contributed by atoms with Crippen molar-refractivity contribution in [3.05, 3.63) is 305 Å². The third-order valence-electron chi connectivity index (χ3n) is 16.6. The molecule has 0 aromatic heterocycles. The van der Waals surface area contributed by atoms with Gasteiger partial charge in [-0.15, -0.1) is 0 Å². The Balaban J connectivity index is 0.000000620. The quantitative estimate of drug-likeness (QED) is 0.146. The second-order valence-electron chi connectivity index (χ2n) is 30.3. The van der Waals surface area contributed by atoms with Crippen molar-refractivity contribution in [2.75, 3.05) is 7.11 Å². The van der Waals surface area contributed by atoms with Crippen molar-refractivity contribution in [1.82, 2.24) is 0 Å². The lowest BCUT2D eigenvalue weighted by atomic mass is 9.84. The number of aliphatic hydroxyl groups is 1. The Bertz CT molecular complexity index is 4220. The molecule has 0 unspecified atom stereocenters. The number of aryl methyl sites for hydroxylation is 4. The molecule has 0 atom stereocenters. The van der Waals surface area contributed by atoms with Gasteiger partial charge in [-0.25, -0.2) is 35.1 Å². The van der Waals surface area contributed by atoms with Crippen LogP contribution in [-0.2, 0) is 23.6 Å². The van der Waals surface area contributed by atoms with Crippen molar-refractivity contribution in [2.45, 2.75) is 231 Å². The summed E-state index contributed by atoms with van der Waals surface area (Å²) in [6, 6.07) is 35.9. The van der Waals surface area contributed by atoms with Crippen LogP contribution < -0.4 is 4.74 Å². The maximum atomic E-state index is 13.3. The number of hydrogen-bond acceptors (Lipinski definition) is 2. The number of aliphatic hydroxyl groups excluding tert-OH is 1. The summed E-state index contributed by atoms with van der Waals surface area (Å²) in [6.07, 6.45) is -4.33. The fourth-order valence-electron chi connectivity index (χ4n) is 11.5. The van der Waals surface area contributed by atoms with Crippen LogP contribution in [0.2, 0.25) is 35.2 Å². The number of hydrogen-bond donors (Lipinski definition) is 1. The Morgan fingerprint density at radius 3 is 1.21 bits per heavy atom. The number of alkyl halides is 3. The highest BCUT2D eigenvalue weighted by molar-refractivity contribution is 6.42. The van der Waals surface area contributed by atoms with E-state index in [4.69, 9.17) is 91.0 Å². The highest BCUT2D eigenvalue weighted by Crippen LogP contribution is 2.39. The average molecular weight is 1680 g/mol. The van der Waals surface area contributed by atoms with Gasteiger partial charge in [-0.1, -0.05) is 268 Å². The second-order valence-corrected chi connectivity index (χ2v) is 33.2. The van der Waals surface area contributed by atoms with E-state index < -0.39 is 29.2 Å². The van der Waals surface area contributed by atoms with Crippen LogP contribution in [0.4, 0.5) is 48.3 Å². The monoisotopic (exact) mass is 1670 g/mol. The molecule has 0 aliphatic heterocycles. The predicted molar refractivity (Wildman–Crippen MR) is 445 cm³/mol. The fourth-order valence-corrected chi connectivity index (χ4v) is 13.9. The van der Waals surface area contributed by atoms with Crippen LogP contribution >= 0.6 is 81.2 Å². The normalized spacial score (nSPS) is 11.2. The first-order chi connectivity index (χ1) is 50.6. The van der Waals surface area contributed by atoms with Gasteiger partial charge < -0.3 is 9.84 Å². The smallest absolute Gasteiger partial charge is 0.416 e. The van der Waals surface area contributed by atoms with Gasteiger partial charge >= 0.3 is 6.18 Å². The molecule has 0 bridgehead atoms. The summed E-state index contributed by atoms with van der Waals surface area (Å²) >= 11 is 41.3. The zero-order valence-corrected chi connectivity index (χ0v) is 73.0. The molecule has 9 aromatic rings. The molecule has 0 saturated heterocycles. The summed E-state index contributed by atoms with van der Waals surface area (Å²) in [5.41, 5.74) is 10.7. The van der Waals surface area contributed by atoms with Gasteiger partial charge in [-0.3, -0.25) is 0 Å². The minimum atomic E-state index is -4.33. The van der Waals surface area contributed by atoms with E-state index in [0.29, 0.717) is 76.4 Å². The van der Waals surface area contributed by atoms with Crippen LogP contribution in [0.3, 0.4) is 0 Å². The van der Waals surface area contributed by atoms with E-state index in [2.05, 4.69) is 67.5 Å². The maximum Gasteiger partial charge on any atom is 0.416 e. The lowest BCUT2D eigenvalue weighted by molar-refractivity contribution is -0.137. The van der Waals surface area contributed by atoms with Crippen molar-refractivity contribution in [1.29, 1.82) is 0 Å². The SMILES string of the molecule is CC(C)c1c(F)cc(F)cc1F.CC(C)c1c(F)cccc1CO.CC(C)c1c(F)cccc1Cl.CC(C)c1cc(Cl)ccc1F.COc1cc(C(C)C)c(F)cc1Cl.Cc1cc(C(F)(F)F)cc(Cl)c1C(C)C.Cc1ccc(C(C)(C)C)c(Cl)c1.Cc1ccc(Cl)c(Cl)c1C(C)(C)C.Cc1cccc(F)c1C(C)C. The number of benzene rings is 9. The average Bonchev–Trinajstić information content (AvgIpc) is 0.809. The molecule has 0 aliphatic rings. The predicted octanol–water partition coefficient (Wildman–Crippen LogP) is 33.1. The van der Waals surface area contributed by atoms with Gasteiger partial charge in [-0.05, 0) is 226 Å². The van der Waals surface area contributed by atoms with E-state index >= 15 is 0 Å². The topological polar surface area (TPSA) is 29.5 Å². The van der Waals surface area contributed by atoms with Gasteiger partial charge in [0.05, 0.1) is 34.3 Å². The van der Waals surface area contributed by atoms with E-state index in [1.165, 1.54) is 54.1 Å². The summed E-state index contributed by atoms with van der Waals surface area (Å²) in [5, 5.41) is 12.7. The van der Waals surface area contributed by atoms with Gasteiger partial charge in [0.1, 0.15) is 52.3 Å². The first kappa shape index (κ1) is 102. The largest absolute Gasteiger partial charge is 0.495 e. The molecule has 2 nitrogen and oxygen atoms in total. The van der Waals surface area contributed by atoms with Crippen molar-refractivity contribution in [3.63, 3.8) is 0 Å². The maximum absolute atomic E-state index is 13.3. The lowest BCUT2D eigenvalue weighted by Gasteiger charge is -2.23. The van der Waals surface area contributed by atoms with Crippen LogP contribution in [0.25, 0.3) is 0 Å². The molecule has 9 aromatic carbocycles. The van der Waals surface area contributed by atoms with Gasteiger partial charge in [0, 0.05) is 43.4 Å². The Labute approximate surface area is 683 Å². The summed E-state index contributed by atoms with van der Waals surface area (Å²) in [4.78, 5) is 0. The summed E-state index contributed by atoms with van der Waals surface area (Å²) in [5.74, 6) is -2.26. The molecule has 0 spiro atoms. The van der Waals surface area contributed by atoms with Gasteiger partial charge in [0.25, 0.3) is 0 Å². The highest BCUT2D eigenvalue weighted by Gasteiger charge is 2.32. The summed E-state index contributed by atoms with van der Waals surface area (Å²) in [6.45, 7) is 47.0. The number of ether oxygens (including phenoxy) is 1. The molecule has 20 heteroatoms. The minimum absolute atomic E-state index is 0.0477. The molecule has 1 N–H and O–H groups in total. The third-order valence-corrected chi connectivity index (χ3v) is 18.9. The molecular formula is C90H108Cl7F11O2. The molecule has 0 radical (unpaired) electrons. The highest BCUT2D eigenvalue weighted by atomic mass is 35.5. The molecule has 110 heavy (non-hydrogen) atoms. The van der Waals surface area contributed by atoms with Crippen molar-refractivity contribution >= 4 is 81.2 Å². The third kappa shape index (κ3) is 33.2. The van der Waals surface area contributed by atoms with Crippen molar-refractivity contribution in [3.8, 4) is 5.75 Å². The molecule has 9 rings (SSSR count). The second kappa shape index (κ2) is 47.0. The van der Waals surface area contributed by atoms with Crippen molar-refractivity contribution in [2.24, 2.45) is 0 Å². The first-order valence-corrected chi connectivity index (χ1v) is 38.5. The molecule has 606 valence electrons. The Morgan fingerprint density at radius 1 is 0.364 bits per heavy atom. The first-order valence-electron chi connectivity index (χ1n) is 35.9. The Morgan fingerprint density at radius 2 is 0.836 bits per heavy atom. The van der Waals surface area contributed by atoms with E-state index in [0.717, 1.165) is 39.4 Å². The van der Waals surface area contributed by atoms with Gasteiger partial charge in [0.2, 0.25) is 0 Å². The van der Waals surface area contributed by atoms with E-state index in [1.54, 1.807) is 69.3 Å². The lowest BCUT2D eigenvalue weighted by Crippen LogP contribution is -2.13. The van der Waals surface area contributed by atoms with Gasteiger partial charge in [0.15, 0.2) is 0 Å². The van der Waals surface area contributed by atoms with E-state index in [1.807, 2.05) is 114 Å². The van der Waals surface area contributed by atoms with Crippen LogP contribution in [-0.4, -0.2) is 12.2 Å². The molecule has 0 aliphatic carbocycles. The van der Waals surface area contributed by atoms with Gasteiger partial charge in [-0.2, -0.15) is 13.2 Å².